The molecule has 1 aromatic heterocycles. The van der Waals surface area contributed by atoms with Crippen molar-refractivity contribution in [3.05, 3.63) is 107 Å². The molecule has 0 spiro atoms. The number of carbonyl (C=O) groups excluding carboxylic acids is 1. The van der Waals surface area contributed by atoms with E-state index >= 15 is 0 Å². The lowest BCUT2D eigenvalue weighted by molar-refractivity contribution is 0.0954. The van der Waals surface area contributed by atoms with Gasteiger partial charge in [-0.1, -0.05) is 60.1 Å². The van der Waals surface area contributed by atoms with E-state index in [9.17, 15) is 4.79 Å². The van der Waals surface area contributed by atoms with Crippen molar-refractivity contribution >= 4 is 39.3 Å². The quantitative estimate of drug-likeness (QED) is 0.251. The van der Waals surface area contributed by atoms with Gasteiger partial charge in [0.05, 0.1) is 17.6 Å². The molecule has 0 atom stereocenters. The van der Waals surface area contributed by atoms with E-state index in [1.807, 2.05) is 36.4 Å². The molecular formula is C29H26ClN3O2. The molecule has 0 bridgehead atoms. The van der Waals surface area contributed by atoms with Crippen LogP contribution in [0.25, 0.3) is 21.8 Å². The number of halogens is 1. The number of amides is 1. The molecule has 0 aliphatic rings. The van der Waals surface area contributed by atoms with Gasteiger partial charge >= 0.3 is 0 Å². The van der Waals surface area contributed by atoms with Crippen molar-refractivity contribution in [2.75, 3.05) is 13.2 Å². The third kappa shape index (κ3) is 5.47. The minimum Gasteiger partial charge on any atom is -0.494 e. The number of carbonyl (C=O) groups is 1. The number of fused-ring (bicyclic) bond motifs is 2. The summed E-state index contributed by atoms with van der Waals surface area (Å²) < 4.78 is 8.26. The molecule has 0 aliphatic carbocycles. The highest BCUT2D eigenvalue weighted by Gasteiger charge is 2.12. The van der Waals surface area contributed by atoms with Crippen molar-refractivity contribution in [1.82, 2.24) is 14.9 Å². The second-order valence-corrected chi connectivity index (χ2v) is 8.83. The van der Waals surface area contributed by atoms with Gasteiger partial charge in [0.15, 0.2) is 0 Å². The normalized spacial score (nSPS) is 11.1. The van der Waals surface area contributed by atoms with Gasteiger partial charge in [-0.05, 0) is 59.7 Å². The van der Waals surface area contributed by atoms with E-state index < -0.39 is 0 Å². The fourth-order valence-electron chi connectivity index (χ4n) is 4.26. The van der Waals surface area contributed by atoms with Gasteiger partial charge < -0.3 is 14.6 Å². The van der Waals surface area contributed by atoms with E-state index in [1.165, 1.54) is 10.8 Å². The van der Waals surface area contributed by atoms with Crippen molar-refractivity contribution < 1.29 is 9.53 Å². The number of aryl methyl sites for hydroxylation is 1. The third-order valence-corrected chi connectivity index (χ3v) is 6.21. The van der Waals surface area contributed by atoms with Crippen molar-refractivity contribution in [3.63, 3.8) is 0 Å². The van der Waals surface area contributed by atoms with Crippen LogP contribution in [-0.4, -0.2) is 28.6 Å². The SMILES string of the molecule is O=C(NCCc1nc2ccccc2n1CCCOc1ccc2ccccc2c1)c1cccc(Cl)c1. The predicted octanol–water partition coefficient (Wildman–Crippen LogP) is 6.28. The zero-order valence-corrected chi connectivity index (χ0v) is 20.0. The number of nitrogens with zero attached hydrogens (tertiary/aromatic N) is 2. The van der Waals surface area contributed by atoms with Gasteiger partial charge in [-0.2, -0.15) is 0 Å². The molecule has 0 saturated heterocycles. The molecule has 35 heavy (non-hydrogen) atoms. The Balaban J connectivity index is 1.21. The lowest BCUT2D eigenvalue weighted by atomic mass is 10.1. The summed E-state index contributed by atoms with van der Waals surface area (Å²) in [6, 6.07) is 29.5. The number of nitrogens with one attached hydrogen (secondary N) is 1. The van der Waals surface area contributed by atoms with Gasteiger partial charge in [0.25, 0.3) is 5.91 Å². The Morgan fingerprint density at radius 2 is 1.74 bits per heavy atom. The van der Waals surface area contributed by atoms with Crippen molar-refractivity contribution in [2.24, 2.45) is 0 Å². The average molecular weight is 484 g/mol. The summed E-state index contributed by atoms with van der Waals surface area (Å²) >= 11 is 6.01. The molecule has 0 unspecified atom stereocenters. The van der Waals surface area contributed by atoms with E-state index in [4.69, 9.17) is 21.3 Å². The Labute approximate surface area is 209 Å². The van der Waals surface area contributed by atoms with E-state index in [-0.39, 0.29) is 5.91 Å². The molecule has 5 aromatic rings. The summed E-state index contributed by atoms with van der Waals surface area (Å²) in [5.41, 5.74) is 2.60. The molecule has 0 aliphatic heterocycles. The van der Waals surface area contributed by atoms with E-state index in [2.05, 4.69) is 40.2 Å². The second-order valence-electron chi connectivity index (χ2n) is 8.40. The van der Waals surface area contributed by atoms with E-state index in [0.29, 0.717) is 30.2 Å². The van der Waals surface area contributed by atoms with Crippen LogP contribution in [-0.2, 0) is 13.0 Å². The number of hydrogen-bond donors (Lipinski definition) is 1. The van der Waals surface area contributed by atoms with Crippen molar-refractivity contribution in [1.29, 1.82) is 0 Å². The Morgan fingerprint density at radius 1 is 0.914 bits per heavy atom. The topological polar surface area (TPSA) is 56.2 Å². The van der Waals surface area contributed by atoms with Crippen LogP contribution in [0.4, 0.5) is 0 Å². The molecule has 1 N–H and O–H groups in total. The lowest BCUT2D eigenvalue weighted by Gasteiger charge is -2.11. The summed E-state index contributed by atoms with van der Waals surface area (Å²) in [6.07, 6.45) is 1.47. The van der Waals surface area contributed by atoms with Gasteiger partial charge in [-0.25, -0.2) is 4.98 Å². The first-order valence-corrected chi connectivity index (χ1v) is 12.1. The molecule has 1 heterocycles. The molecule has 4 aromatic carbocycles. The van der Waals surface area contributed by atoms with Crippen LogP contribution in [0.5, 0.6) is 5.75 Å². The summed E-state index contributed by atoms with van der Waals surface area (Å²) in [7, 11) is 0. The fourth-order valence-corrected chi connectivity index (χ4v) is 4.45. The maximum atomic E-state index is 12.5. The smallest absolute Gasteiger partial charge is 0.251 e. The first kappa shape index (κ1) is 22.9. The molecule has 0 fully saturated rings. The maximum Gasteiger partial charge on any atom is 0.251 e. The Hall–Kier alpha value is -3.83. The standard InChI is InChI=1S/C29H26ClN3O2/c30-24-10-5-9-23(19-24)29(34)31-16-15-28-32-26-11-3-4-12-27(26)33(28)17-6-18-35-25-14-13-21-7-1-2-8-22(21)20-25/h1-5,7-14,19-20H,6,15-18H2,(H,31,34). The zero-order chi connectivity index (χ0) is 24.0. The summed E-state index contributed by atoms with van der Waals surface area (Å²) in [5.74, 6) is 1.69. The first-order valence-electron chi connectivity index (χ1n) is 11.8. The Bertz CT molecular complexity index is 1480. The monoisotopic (exact) mass is 483 g/mol. The zero-order valence-electron chi connectivity index (χ0n) is 19.3. The Kier molecular flexibility index (Phi) is 6.96. The summed E-state index contributed by atoms with van der Waals surface area (Å²) in [5, 5.41) is 5.90. The number of hydrogen-bond acceptors (Lipinski definition) is 3. The minimum absolute atomic E-state index is 0.140. The highest BCUT2D eigenvalue weighted by molar-refractivity contribution is 6.30. The third-order valence-electron chi connectivity index (χ3n) is 5.97. The molecule has 6 heteroatoms. The van der Waals surface area contributed by atoms with Gasteiger partial charge in [0, 0.05) is 30.1 Å². The van der Waals surface area contributed by atoms with Crippen LogP contribution < -0.4 is 10.1 Å². The van der Waals surface area contributed by atoms with Crippen LogP contribution in [0, 0.1) is 0 Å². The summed E-state index contributed by atoms with van der Waals surface area (Å²) in [4.78, 5) is 17.3. The number of rotatable bonds is 9. The van der Waals surface area contributed by atoms with Crippen LogP contribution in [0.2, 0.25) is 5.02 Å². The minimum atomic E-state index is -0.140. The highest BCUT2D eigenvalue weighted by Crippen LogP contribution is 2.21. The van der Waals surface area contributed by atoms with Crippen LogP contribution >= 0.6 is 11.6 Å². The molecular weight excluding hydrogens is 458 g/mol. The number of aromatic nitrogens is 2. The lowest BCUT2D eigenvalue weighted by Crippen LogP contribution is -2.26. The van der Waals surface area contributed by atoms with E-state index in [1.54, 1.807) is 24.3 Å². The Morgan fingerprint density at radius 3 is 2.63 bits per heavy atom. The molecule has 5 rings (SSSR count). The molecule has 5 nitrogen and oxygen atoms in total. The number of imidazole rings is 1. The maximum absolute atomic E-state index is 12.5. The molecule has 0 radical (unpaired) electrons. The van der Waals surface area contributed by atoms with Gasteiger partial charge in [-0.3, -0.25) is 4.79 Å². The second kappa shape index (κ2) is 10.6. The van der Waals surface area contributed by atoms with Crippen molar-refractivity contribution in [3.8, 4) is 5.75 Å². The number of para-hydroxylation sites is 2. The molecule has 1 amide bonds. The van der Waals surface area contributed by atoms with Gasteiger partial charge in [0.2, 0.25) is 0 Å². The van der Waals surface area contributed by atoms with Gasteiger partial charge in [0.1, 0.15) is 11.6 Å². The predicted molar refractivity (Wildman–Crippen MR) is 141 cm³/mol. The number of benzene rings is 4. The molecule has 176 valence electrons. The highest BCUT2D eigenvalue weighted by atomic mass is 35.5. The van der Waals surface area contributed by atoms with Gasteiger partial charge in [-0.15, -0.1) is 0 Å². The average Bonchev–Trinajstić information content (AvgIpc) is 3.23. The van der Waals surface area contributed by atoms with Crippen LogP contribution in [0.15, 0.2) is 91.0 Å². The number of ether oxygens (including phenoxy) is 1. The van der Waals surface area contributed by atoms with E-state index in [0.717, 1.165) is 35.6 Å². The van der Waals surface area contributed by atoms with Crippen LogP contribution in [0.3, 0.4) is 0 Å². The largest absolute Gasteiger partial charge is 0.494 e. The first-order chi connectivity index (χ1) is 17.2. The van der Waals surface area contributed by atoms with Crippen LogP contribution in [0.1, 0.15) is 22.6 Å². The fraction of sp³-hybridized carbons (Fsp3) is 0.172. The summed E-state index contributed by atoms with van der Waals surface area (Å²) in [6.45, 7) is 1.88. The molecule has 0 saturated carbocycles. The van der Waals surface area contributed by atoms with Crippen molar-refractivity contribution in [2.45, 2.75) is 19.4 Å².